The molecule has 0 spiro atoms. The number of rotatable bonds is 5. The summed E-state index contributed by atoms with van der Waals surface area (Å²) in [6.45, 7) is 4.79. The molecule has 3 unspecified atom stereocenters. The molecule has 0 aliphatic heterocycles. The summed E-state index contributed by atoms with van der Waals surface area (Å²) in [6.07, 6.45) is 3.30. The lowest BCUT2D eigenvalue weighted by atomic mass is 9.87. The number of carbonyl (C=O) groups is 1. The van der Waals surface area contributed by atoms with Crippen molar-refractivity contribution >= 4 is 29.9 Å². The van der Waals surface area contributed by atoms with Gasteiger partial charge in [0.15, 0.2) is 0 Å². The maximum absolute atomic E-state index is 12.7. The summed E-state index contributed by atoms with van der Waals surface area (Å²) in [5.74, 6) is 0.572. The molecular formula is C17H26Cl2N2O. The van der Waals surface area contributed by atoms with E-state index in [9.17, 15) is 4.79 Å². The highest BCUT2D eigenvalue weighted by atomic mass is 35.5. The van der Waals surface area contributed by atoms with Gasteiger partial charge >= 0.3 is 0 Å². The quantitative estimate of drug-likeness (QED) is 0.854. The molecule has 1 saturated carbocycles. The summed E-state index contributed by atoms with van der Waals surface area (Å²) >= 11 is 6.07. The third-order valence-corrected chi connectivity index (χ3v) is 4.68. The maximum atomic E-state index is 12.7. The molecule has 124 valence electrons. The molecule has 3 N–H and O–H groups in total. The van der Waals surface area contributed by atoms with Crippen molar-refractivity contribution < 1.29 is 4.79 Å². The summed E-state index contributed by atoms with van der Waals surface area (Å²) in [6, 6.07) is 7.83. The molecule has 22 heavy (non-hydrogen) atoms. The Balaban J connectivity index is 0.00000242. The van der Waals surface area contributed by atoms with Gasteiger partial charge in [0.2, 0.25) is 5.91 Å². The van der Waals surface area contributed by atoms with Crippen molar-refractivity contribution in [2.75, 3.05) is 6.54 Å². The first-order chi connectivity index (χ1) is 10.0. The molecule has 1 fully saturated rings. The van der Waals surface area contributed by atoms with Gasteiger partial charge < -0.3 is 11.1 Å². The summed E-state index contributed by atoms with van der Waals surface area (Å²) in [4.78, 5) is 12.7. The molecule has 1 aromatic carbocycles. The van der Waals surface area contributed by atoms with Crippen LogP contribution in [0.25, 0.3) is 0 Å². The van der Waals surface area contributed by atoms with E-state index in [0.29, 0.717) is 17.5 Å². The highest BCUT2D eigenvalue weighted by Crippen LogP contribution is 2.29. The van der Waals surface area contributed by atoms with E-state index in [1.807, 2.05) is 24.3 Å². The molecule has 3 nitrogen and oxygen atoms in total. The minimum Gasteiger partial charge on any atom is -0.353 e. The van der Waals surface area contributed by atoms with E-state index in [4.69, 9.17) is 17.3 Å². The fourth-order valence-electron chi connectivity index (χ4n) is 3.32. The van der Waals surface area contributed by atoms with Gasteiger partial charge in [0, 0.05) is 11.1 Å². The number of amides is 1. The molecule has 1 amide bonds. The van der Waals surface area contributed by atoms with Crippen LogP contribution in [0.3, 0.4) is 0 Å². The Bertz CT molecular complexity index is 493. The standard InChI is InChI=1S/C17H25ClN2O.ClH/c1-11(2)16(12-5-3-7-14(18)9-12)17(21)20-15-8-4-6-13(15)10-19;/h3,5,7,9,11,13,15-16H,4,6,8,10,19H2,1-2H3,(H,20,21);1H. The van der Waals surface area contributed by atoms with Crippen molar-refractivity contribution in [1.82, 2.24) is 5.32 Å². The summed E-state index contributed by atoms with van der Waals surface area (Å²) in [5.41, 5.74) is 6.78. The predicted molar refractivity (Wildman–Crippen MR) is 94.6 cm³/mol. The highest BCUT2D eigenvalue weighted by Gasteiger charge is 2.31. The first kappa shape index (κ1) is 19.3. The van der Waals surface area contributed by atoms with E-state index < -0.39 is 0 Å². The zero-order valence-corrected chi connectivity index (χ0v) is 14.8. The topological polar surface area (TPSA) is 55.1 Å². The molecule has 1 aromatic rings. The number of nitrogens with one attached hydrogen (secondary N) is 1. The van der Waals surface area contributed by atoms with Gasteiger partial charge in [0.1, 0.15) is 0 Å². The number of halogens is 2. The van der Waals surface area contributed by atoms with E-state index >= 15 is 0 Å². The van der Waals surface area contributed by atoms with Crippen LogP contribution in [0.1, 0.15) is 44.6 Å². The summed E-state index contributed by atoms with van der Waals surface area (Å²) < 4.78 is 0. The Morgan fingerprint density at radius 1 is 1.41 bits per heavy atom. The predicted octanol–water partition coefficient (Wildman–Crippen LogP) is 3.75. The molecular weight excluding hydrogens is 319 g/mol. The zero-order chi connectivity index (χ0) is 15.4. The van der Waals surface area contributed by atoms with Crippen molar-refractivity contribution in [3.63, 3.8) is 0 Å². The minimum absolute atomic E-state index is 0. The third-order valence-electron chi connectivity index (χ3n) is 4.45. The average Bonchev–Trinajstić information content (AvgIpc) is 2.85. The van der Waals surface area contributed by atoms with Crippen molar-refractivity contribution in [3.8, 4) is 0 Å². The zero-order valence-electron chi connectivity index (χ0n) is 13.2. The van der Waals surface area contributed by atoms with Gasteiger partial charge in [-0.2, -0.15) is 0 Å². The van der Waals surface area contributed by atoms with Gasteiger partial charge in [0.25, 0.3) is 0 Å². The Labute approximate surface area is 144 Å². The first-order valence-corrected chi connectivity index (χ1v) is 8.16. The fourth-order valence-corrected chi connectivity index (χ4v) is 3.52. The van der Waals surface area contributed by atoms with Crippen LogP contribution < -0.4 is 11.1 Å². The normalized spacial score (nSPS) is 22.2. The van der Waals surface area contributed by atoms with Crippen LogP contribution in [0.15, 0.2) is 24.3 Å². The van der Waals surface area contributed by atoms with Gasteiger partial charge in [-0.3, -0.25) is 4.79 Å². The Hall–Kier alpha value is -0.770. The molecule has 0 heterocycles. The van der Waals surface area contributed by atoms with Crippen molar-refractivity contribution in [3.05, 3.63) is 34.9 Å². The number of carbonyl (C=O) groups excluding carboxylic acids is 1. The van der Waals surface area contributed by atoms with Crippen LogP contribution >= 0.6 is 24.0 Å². The molecule has 5 heteroatoms. The van der Waals surface area contributed by atoms with Gasteiger partial charge in [0.05, 0.1) is 5.92 Å². The van der Waals surface area contributed by atoms with Gasteiger partial charge in [-0.25, -0.2) is 0 Å². The van der Waals surface area contributed by atoms with Gasteiger partial charge in [-0.15, -0.1) is 12.4 Å². The van der Waals surface area contributed by atoms with Crippen LogP contribution in [0.2, 0.25) is 5.02 Å². The molecule has 0 radical (unpaired) electrons. The number of benzene rings is 1. The SMILES string of the molecule is CC(C)C(C(=O)NC1CCCC1CN)c1cccc(Cl)c1.Cl. The lowest BCUT2D eigenvalue weighted by Gasteiger charge is -2.26. The van der Waals surface area contributed by atoms with Crippen LogP contribution in [-0.4, -0.2) is 18.5 Å². The fraction of sp³-hybridized carbons (Fsp3) is 0.588. The van der Waals surface area contributed by atoms with Crippen LogP contribution in [0, 0.1) is 11.8 Å². The molecule has 1 aliphatic carbocycles. The summed E-state index contributed by atoms with van der Waals surface area (Å²) in [7, 11) is 0. The molecule has 1 aliphatic rings. The molecule has 0 aromatic heterocycles. The number of hydrogen-bond acceptors (Lipinski definition) is 2. The second-order valence-electron chi connectivity index (χ2n) is 6.32. The average molecular weight is 345 g/mol. The van der Waals surface area contributed by atoms with Crippen LogP contribution in [-0.2, 0) is 4.79 Å². The number of hydrogen-bond donors (Lipinski definition) is 2. The summed E-state index contributed by atoms with van der Waals surface area (Å²) in [5, 5.41) is 3.89. The Kier molecular flexibility index (Phi) is 7.67. The van der Waals surface area contributed by atoms with E-state index in [-0.39, 0.29) is 36.2 Å². The maximum Gasteiger partial charge on any atom is 0.228 e. The van der Waals surface area contributed by atoms with Crippen LogP contribution in [0.5, 0.6) is 0 Å². The monoisotopic (exact) mass is 344 g/mol. The number of nitrogens with two attached hydrogens (primary N) is 1. The van der Waals surface area contributed by atoms with Crippen molar-refractivity contribution in [2.45, 2.75) is 45.1 Å². The molecule has 0 saturated heterocycles. The first-order valence-electron chi connectivity index (χ1n) is 7.78. The highest BCUT2D eigenvalue weighted by molar-refractivity contribution is 6.30. The second kappa shape index (κ2) is 8.76. The van der Waals surface area contributed by atoms with Crippen LogP contribution in [0.4, 0.5) is 0 Å². The molecule has 2 rings (SSSR count). The van der Waals surface area contributed by atoms with E-state index in [0.717, 1.165) is 24.8 Å². The second-order valence-corrected chi connectivity index (χ2v) is 6.75. The Morgan fingerprint density at radius 2 is 2.14 bits per heavy atom. The lowest BCUT2D eigenvalue weighted by Crippen LogP contribution is -2.43. The minimum atomic E-state index is -0.164. The molecule has 3 atom stereocenters. The lowest BCUT2D eigenvalue weighted by molar-refractivity contribution is -0.124. The van der Waals surface area contributed by atoms with E-state index in [1.165, 1.54) is 0 Å². The van der Waals surface area contributed by atoms with E-state index in [2.05, 4.69) is 19.2 Å². The molecule has 0 bridgehead atoms. The van der Waals surface area contributed by atoms with E-state index in [1.54, 1.807) is 0 Å². The van der Waals surface area contributed by atoms with Gasteiger partial charge in [-0.05, 0) is 48.9 Å². The van der Waals surface area contributed by atoms with Crippen molar-refractivity contribution in [2.24, 2.45) is 17.6 Å². The van der Waals surface area contributed by atoms with Crippen molar-refractivity contribution in [1.29, 1.82) is 0 Å². The smallest absolute Gasteiger partial charge is 0.228 e. The van der Waals surface area contributed by atoms with Gasteiger partial charge in [-0.1, -0.05) is 44.0 Å². The largest absolute Gasteiger partial charge is 0.353 e. The third kappa shape index (κ3) is 4.61. The Morgan fingerprint density at radius 3 is 2.73 bits per heavy atom.